The van der Waals surface area contributed by atoms with Crippen molar-refractivity contribution in [2.45, 2.75) is 54.2 Å². The van der Waals surface area contributed by atoms with E-state index < -0.39 is 80.0 Å². The van der Waals surface area contributed by atoms with Gasteiger partial charge in [-0.25, -0.2) is 33.5 Å². The van der Waals surface area contributed by atoms with Crippen LogP contribution in [0.1, 0.15) is 12.5 Å². The van der Waals surface area contributed by atoms with Crippen molar-refractivity contribution in [1.29, 1.82) is 0 Å². The summed E-state index contributed by atoms with van der Waals surface area (Å²) in [6, 6.07) is 0. The standard InChI is InChI=1S/C21H21FN10O10P2S2/c22-7-6-1-37-43(34,45)42-21-11-17(31-4-27-8-12(23)25-3-26-13(8)31)39-20(21,2-36-11)18(21)41-44(35,46)40-10(7)16(38-6)32-5-28-9-14(32)29-19(24)30-15(9)33/h3-7,10-11,16-18H,1-2H2,(H,34,45)(H,35,46)(H2,23,25,26)(H3,24,29,30,33)/t6-,7-,10-,11+,16-,17-,18+,20-,21-,43+,44+/m1/s1. The highest BCUT2D eigenvalue weighted by Crippen LogP contribution is 2.79. The van der Waals surface area contributed by atoms with Crippen molar-refractivity contribution in [3.8, 4) is 0 Å². The van der Waals surface area contributed by atoms with Gasteiger partial charge in [0.25, 0.3) is 5.56 Å². The molecular formula is C21H21FN10O10P2S2. The molecule has 46 heavy (non-hydrogen) atoms. The number of aromatic amines is 1. The Balaban J connectivity index is 1.08. The number of nitrogen functional groups attached to an aromatic ring is 2. The Morgan fingerprint density at radius 3 is 2.59 bits per heavy atom. The lowest BCUT2D eigenvalue weighted by molar-refractivity contribution is -0.189. The van der Waals surface area contributed by atoms with Crippen molar-refractivity contribution in [3.63, 3.8) is 0 Å². The minimum atomic E-state index is -4.52. The number of aromatic nitrogens is 8. The van der Waals surface area contributed by atoms with E-state index in [0.717, 1.165) is 6.33 Å². The fourth-order valence-corrected chi connectivity index (χ4v) is 10.2. The molecule has 0 amide bonds. The second-order valence-corrected chi connectivity index (χ2v) is 16.8. The molecule has 0 radical (unpaired) electrons. The van der Waals surface area contributed by atoms with Gasteiger partial charge in [0.2, 0.25) is 5.95 Å². The zero-order valence-corrected chi connectivity index (χ0v) is 26.3. The van der Waals surface area contributed by atoms with Gasteiger partial charge < -0.3 is 25.7 Å². The van der Waals surface area contributed by atoms with Crippen LogP contribution in [-0.2, 0) is 41.4 Å². The summed E-state index contributed by atoms with van der Waals surface area (Å²) in [5.41, 5.74) is 8.23. The SMILES string of the molecule is Nc1nc2c(ncn2[C@@H]2O[C@@H]3CO[P@](=O)(S)O[C@]45[C@@H](O[P@@](=O)(S)O[C@@H]2[C@@H]3F)[C@]42CO[C@H]5[C@H](n3cnc4c(N)ncnc43)O2)c(=O)[nH]1. The molecule has 4 aliphatic heterocycles. The van der Waals surface area contributed by atoms with Crippen molar-refractivity contribution in [1.82, 2.24) is 39.0 Å². The van der Waals surface area contributed by atoms with Crippen molar-refractivity contribution < 1.29 is 45.8 Å². The molecule has 5 N–H and O–H groups in total. The summed E-state index contributed by atoms with van der Waals surface area (Å²) in [5, 5.41) is 0. The van der Waals surface area contributed by atoms with Crippen LogP contribution in [0.3, 0.4) is 0 Å². The molecular weight excluding hydrogens is 697 g/mol. The lowest BCUT2D eigenvalue weighted by atomic mass is 10.1. The maximum Gasteiger partial charge on any atom is 0.387 e. The number of alkyl halides is 1. The van der Waals surface area contributed by atoms with Crippen molar-refractivity contribution in [3.05, 3.63) is 29.3 Å². The van der Waals surface area contributed by atoms with E-state index in [-0.39, 0.29) is 29.5 Å². The van der Waals surface area contributed by atoms with Crippen LogP contribution in [-0.4, -0.2) is 94.0 Å². The largest absolute Gasteiger partial charge is 0.387 e. The summed E-state index contributed by atoms with van der Waals surface area (Å²) < 4.78 is 87.7. The first-order chi connectivity index (χ1) is 21.8. The fourth-order valence-electron chi connectivity index (χ4n) is 6.73. The summed E-state index contributed by atoms with van der Waals surface area (Å²) in [4.78, 5) is 35.2. The molecule has 4 saturated heterocycles. The predicted octanol–water partition coefficient (Wildman–Crippen LogP) is 0.671. The van der Waals surface area contributed by atoms with Gasteiger partial charge in [0.15, 0.2) is 52.5 Å². The molecule has 4 aromatic heterocycles. The number of hydrogen-bond acceptors (Lipinski definition) is 17. The minimum absolute atomic E-state index is 0.0708. The molecule has 5 fully saturated rings. The van der Waals surface area contributed by atoms with Crippen molar-refractivity contribution in [2.24, 2.45) is 0 Å². The first kappa shape index (κ1) is 29.4. The molecule has 9 rings (SSSR count). The van der Waals surface area contributed by atoms with Gasteiger partial charge in [-0.1, -0.05) is 24.5 Å². The van der Waals surface area contributed by atoms with E-state index >= 15 is 4.39 Å². The van der Waals surface area contributed by atoms with Crippen LogP contribution in [0.5, 0.6) is 0 Å². The van der Waals surface area contributed by atoms with Gasteiger partial charge in [-0.15, -0.1) is 0 Å². The molecule has 4 bridgehead atoms. The van der Waals surface area contributed by atoms with Crippen LogP contribution in [0.4, 0.5) is 16.2 Å². The topological polar surface area (TPSA) is 258 Å². The highest BCUT2D eigenvalue weighted by Gasteiger charge is 2.96. The molecule has 244 valence electrons. The second-order valence-electron chi connectivity index (χ2n) is 11.2. The number of ether oxygens (including phenoxy) is 3. The lowest BCUT2D eigenvalue weighted by Crippen LogP contribution is -2.42. The van der Waals surface area contributed by atoms with Gasteiger partial charge in [0.05, 0.1) is 25.9 Å². The number of imidazole rings is 2. The predicted molar refractivity (Wildman–Crippen MR) is 156 cm³/mol. The van der Waals surface area contributed by atoms with E-state index in [2.05, 4.69) is 54.4 Å². The molecule has 25 heteroatoms. The van der Waals surface area contributed by atoms with E-state index in [1.54, 1.807) is 0 Å². The number of hydrogen-bond donors (Lipinski definition) is 5. The molecule has 0 aromatic carbocycles. The van der Waals surface area contributed by atoms with Gasteiger partial charge in [-0.3, -0.25) is 37.0 Å². The summed E-state index contributed by atoms with van der Waals surface area (Å²) in [5.74, 6) is -0.107. The third kappa shape index (κ3) is 3.89. The Labute approximate surface area is 265 Å². The van der Waals surface area contributed by atoms with Crippen LogP contribution in [0.25, 0.3) is 22.3 Å². The minimum Gasteiger partial charge on any atom is -0.382 e. The zero-order valence-electron chi connectivity index (χ0n) is 22.7. The Hall–Kier alpha value is -2.69. The number of rotatable bonds is 2. The molecule has 20 nitrogen and oxygen atoms in total. The third-order valence-corrected chi connectivity index (χ3v) is 11.8. The fraction of sp³-hybridized carbons (Fsp3) is 0.524. The van der Waals surface area contributed by atoms with E-state index in [9.17, 15) is 13.9 Å². The first-order valence-electron chi connectivity index (χ1n) is 13.5. The number of fused-ring (bicyclic) bond motifs is 4. The van der Waals surface area contributed by atoms with Gasteiger partial charge >= 0.3 is 13.6 Å². The quantitative estimate of drug-likeness (QED) is 0.141. The van der Waals surface area contributed by atoms with Gasteiger partial charge in [-0.05, 0) is 0 Å². The van der Waals surface area contributed by atoms with Gasteiger partial charge in [-0.2, -0.15) is 4.98 Å². The number of halogens is 1. The summed E-state index contributed by atoms with van der Waals surface area (Å²) >= 11 is 8.31. The van der Waals surface area contributed by atoms with Crippen LogP contribution < -0.4 is 17.0 Å². The number of nitrogens with zero attached hydrogens (tertiary/aromatic N) is 7. The molecule has 11 atom stereocenters. The van der Waals surface area contributed by atoms with Crippen molar-refractivity contribution in [2.75, 3.05) is 24.7 Å². The Kier molecular flexibility index (Phi) is 6.06. The maximum absolute atomic E-state index is 16.0. The highest BCUT2D eigenvalue weighted by molar-refractivity contribution is 8.44. The van der Waals surface area contributed by atoms with Crippen LogP contribution in [0.15, 0.2) is 23.8 Å². The lowest BCUT2D eigenvalue weighted by Gasteiger charge is -2.34. The second kappa shape index (κ2) is 9.47. The number of H-pyrrole nitrogens is 1. The zero-order chi connectivity index (χ0) is 32.0. The number of anilines is 2. The van der Waals surface area contributed by atoms with Gasteiger partial charge in [0.1, 0.15) is 36.3 Å². The maximum atomic E-state index is 16.0. The average Bonchev–Trinajstić information content (AvgIpc) is 3.64. The van der Waals surface area contributed by atoms with Gasteiger partial charge in [0, 0.05) is 0 Å². The average molecular weight is 719 g/mol. The molecule has 0 unspecified atom stereocenters. The number of nitrogens with two attached hydrogens (primary N) is 2. The smallest absolute Gasteiger partial charge is 0.382 e. The normalized spacial score (nSPS) is 43.3. The van der Waals surface area contributed by atoms with E-state index in [1.807, 2.05) is 0 Å². The number of nitrogens with one attached hydrogen (secondary N) is 1. The Morgan fingerprint density at radius 2 is 1.78 bits per heavy atom. The van der Waals surface area contributed by atoms with Crippen LogP contribution >= 0.6 is 38.1 Å². The summed E-state index contributed by atoms with van der Waals surface area (Å²) in [6.07, 6.45) is -6.04. The highest BCUT2D eigenvalue weighted by atomic mass is 32.7. The van der Waals surface area contributed by atoms with E-state index in [1.165, 1.54) is 21.8 Å². The molecule has 1 spiro atoms. The molecule has 8 heterocycles. The van der Waals surface area contributed by atoms with Crippen LogP contribution in [0.2, 0.25) is 0 Å². The van der Waals surface area contributed by atoms with E-state index in [0.29, 0.717) is 11.2 Å². The van der Waals surface area contributed by atoms with E-state index in [4.69, 9.17) is 43.8 Å². The Morgan fingerprint density at radius 1 is 1.02 bits per heavy atom. The van der Waals surface area contributed by atoms with Crippen molar-refractivity contribution >= 4 is 72.2 Å². The monoisotopic (exact) mass is 718 g/mol. The molecule has 5 aliphatic rings. The van der Waals surface area contributed by atoms with Crippen LogP contribution in [0, 0.1) is 0 Å². The molecule has 4 aromatic rings. The third-order valence-electron chi connectivity index (χ3n) is 8.69. The summed E-state index contributed by atoms with van der Waals surface area (Å²) in [6.45, 7) is -9.68. The Bertz CT molecular complexity index is 2120. The molecule has 1 saturated carbocycles. The summed E-state index contributed by atoms with van der Waals surface area (Å²) in [7, 11) is 0. The first-order valence-corrected chi connectivity index (χ1v) is 18.9. The molecule has 1 aliphatic carbocycles. The number of thiol groups is 2.